The van der Waals surface area contributed by atoms with Gasteiger partial charge in [-0.3, -0.25) is 0 Å². The Bertz CT molecular complexity index is 788. The molecule has 6 atom stereocenters. The van der Waals surface area contributed by atoms with Gasteiger partial charge in [-0.1, -0.05) is 78.8 Å². The van der Waals surface area contributed by atoms with Crippen LogP contribution in [0.5, 0.6) is 0 Å². The topological polar surface area (TPSA) is 46.5 Å². The van der Waals surface area contributed by atoms with Gasteiger partial charge in [0, 0.05) is 11.5 Å². The zero-order chi connectivity index (χ0) is 25.5. The zero-order valence-corrected chi connectivity index (χ0v) is 22.8. The van der Waals surface area contributed by atoms with Crippen molar-refractivity contribution < 1.29 is 14.6 Å². The molecule has 3 aliphatic carbocycles. The molecule has 6 unspecified atom stereocenters. The fraction of sp³-hybridized carbons (Fsp3) is 0.710. The van der Waals surface area contributed by atoms with Crippen LogP contribution >= 0.6 is 0 Å². The Labute approximate surface area is 209 Å². The highest BCUT2D eigenvalue weighted by atomic mass is 16.6. The lowest BCUT2D eigenvalue weighted by molar-refractivity contribution is -0.139. The summed E-state index contributed by atoms with van der Waals surface area (Å²) in [7, 11) is 0. The maximum absolute atomic E-state index is 10.9. The first-order valence-electron chi connectivity index (χ1n) is 13.9. The lowest BCUT2D eigenvalue weighted by Gasteiger charge is -2.41. The summed E-state index contributed by atoms with van der Waals surface area (Å²) >= 11 is 0. The van der Waals surface area contributed by atoms with Crippen LogP contribution < -0.4 is 0 Å². The van der Waals surface area contributed by atoms with Gasteiger partial charge in [-0.2, -0.15) is 0 Å². The normalized spacial score (nSPS) is 37.5. The van der Waals surface area contributed by atoms with Crippen LogP contribution in [0.25, 0.3) is 0 Å². The highest BCUT2D eigenvalue weighted by Crippen LogP contribution is 2.57. The van der Waals surface area contributed by atoms with Gasteiger partial charge in [0.05, 0.1) is 6.10 Å². The van der Waals surface area contributed by atoms with E-state index in [0.29, 0.717) is 11.0 Å². The molecule has 0 spiro atoms. The summed E-state index contributed by atoms with van der Waals surface area (Å²) in [5.41, 5.74) is 5.05. The van der Waals surface area contributed by atoms with Crippen molar-refractivity contribution in [1.82, 2.24) is 0 Å². The monoisotopic (exact) mass is 470 g/mol. The molecule has 3 heteroatoms. The molecule has 0 amide bonds. The van der Waals surface area contributed by atoms with Gasteiger partial charge in [-0.05, 0) is 86.2 Å². The smallest absolute Gasteiger partial charge is 0.334 e. The summed E-state index contributed by atoms with van der Waals surface area (Å²) in [5, 5.41) is 9.95. The molecule has 1 heterocycles. The minimum absolute atomic E-state index is 0.0833. The Morgan fingerprint density at radius 1 is 1.06 bits per heavy atom. The lowest BCUT2D eigenvalue weighted by Crippen LogP contribution is -2.31. The average molecular weight is 471 g/mol. The van der Waals surface area contributed by atoms with E-state index in [1.165, 1.54) is 37.7 Å². The van der Waals surface area contributed by atoms with E-state index in [4.69, 9.17) is 4.74 Å². The van der Waals surface area contributed by atoms with Crippen molar-refractivity contribution in [1.29, 1.82) is 0 Å². The minimum Gasteiger partial charge on any atom is -0.458 e. The van der Waals surface area contributed by atoms with Crippen LogP contribution in [0.4, 0.5) is 0 Å². The number of rotatable bonds is 3. The Kier molecular flexibility index (Phi) is 10.9. The van der Waals surface area contributed by atoms with E-state index in [1.807, 2.05) is 20.8 Å². The lowest BCUT2D eigenvalue weighted by atomic mass is 9.64. The molecule has 0 aromatic rings. The summed E-state index contributed by atoms with van der Waals surface area (Å²) in [4.78, 5) is 10.9. The van der Waals surface area contributed by atoms with Crippen LogP contribution in [0.1, 0.15) is 106 Å². The van der Waals surface area contributed by atoms with E-state index in [0.717, 1.165) is 49.5 Å². The summed E-state index contributed by atoms with van der Waals surface area (Å²) in [6.07, 6.45) is 16.3. The molecule has 4 aliphatic rings. The number of carbonyl (C=O) groups excluding carboxylic acids is 1. The summed E-state index contributed by atoms with van der Waals surface area (Å²) in [6, 6.07) is 0. The Hall–Kier alpha value is -1.61. The first-order valence-corrected chi connectivity index (χ1v) is 13.9. The van der Waals surface area contributed by atoms with Gasteiger partial charge >= 0.3 is 5.97 Å². The van der Waals surface area contributed by atoms with E-state index in [1.54, 1.807) is 5.57 Å². The fourth-order valence-electron chi connectivity index (χ4n) is 6.25. The number of ether oxygens (including phenoxy) is 1. The number of hydrogen-bond donors (Lipinski definition) is 1. The fourth-order valence-corrected chi connectivity index (χ4v) is 6.25. The molecule has 3 nitrogen and oxygen atoms in total. The number of hydrogen-bond acceptors (Lipinski definition) is 3. The molecular formula is C31H50O3. The molecule has 3 saturated carbocycles. The summed E-state index contributed by atoms with van der Waals surface area (Å²) < 4.78 is 5.09. The SMILES string of the molecule is C=C1/C(=C\C=C2/CCCC3(C)C(C)CCC23)CCCC1O.C=C1C(=O)OC(CCC)C1C.CC. The molecule has 1 saturated heterocycles. The third kappa shape index (κ3) is 6.33. The Morgan fingerprint density at radius 2 is 1.76 bits per heavy atom. The third-order valence-electron chi connectivity index (χ3n) is 8.88. The number of allylic oxidation sites excluding steroid dienone is 3. The molecule has 1 aliphatic heterocycles. The quantitative estimate of drug-likeness (QED) is 0.335. The van der Waals surface area contributed by atoms with Crippen LogP contribution in [0.15, 0.2) is 47.6 Å². The second kappa shape index (κ2) is 12.9. The van der Waals surface area contributed by atoms with Crippen molar-refractivity contribution in [3.8, 4) is 0 Å². The van der Waals surface area contributed by atoms with Crippen LogP contribution in [-0.4, -0.2) is 23.3 Å². The van der Waals surface area contributed by atoms with Crippen molar-refractivity contribution in [3.05, 3.63) is 47.6 Å². The standard InChI is InChI=1S/C20H30O.C9H14O2.C2H6/c1-14-9-12-18-17(7-5-13-20(14,18)3)11-10-16-6-4-8-19(21)15(16)2;1-4-5-8-6(2)7(3)9(10)11-8;1-2/h10-11,14,18-19,21H,2,4-9,12-13H2,1,3H3;6,8H,3-5H2,1-2H3;1-2H3/b16-10-,17-11+;;. The molecule has 192 valence electrons. The maximum atomic E-state index is 10.9. The van der Waals surface area contributed by atoms with Crippen LogP contribution in [-0.2, 0) is 9.53 Å². The van der Waals surface area contributed by atoms with Crippen molar-refractivity contribution in [2.45, 2.75) is 118 Å². The number of carbonyl (C=O) groups is 1. The van der Waals surface area contributed by atoms with E-state index in [-0.39, 0.29) is 24.1 Å². The first-order chi connectivity index (χ1) is 16.2. The predicted molar refractivity (Wildman–Crippen MR) is 143 cm³/mol. The number of fused-ring (bicyclic) bond motifs is 1. The summed E-state index contributed by atoms with van der Waals surface area (Å²) in [6.45, 7) is 20.8. The second-order valence-electron chi connectivity index (χ2n) is 10.8. The molecule has 1 N–H and O–H groups in total. The minimum atomic E-state index is -0.313. The zero-order valence-electron chi connectivity index (χ0n) is 22.8. The molecule has 0 bridgehead atoms. The van der Waals surface area contributed by atoms with Crippen LogP contribution in [0.3, 0.4) is 0 Å². The van der Waals surface area contributed by atoms with Gasteiger partial charge < -0.3 is 9.84 Å². The van der Waals surface area contributed by atoms with Gasteiger partial charge in [0.1, 0.15) is 6.10 Å². The van der Waals surface area contributed by atoms with Gasteiger partial charge in [0.2, 0.25) is 0 Å². The van der Waals surface area contributed by atoms with Crippen LogP contribution in [0.2, 0.25) is 0 Å². The molecule has 0 aromatic carbocycles. The predicted octanol–water partition coefficient (Wildman–Crippen LogP) is 8.11. The maximum Gasteiger partial charge on any atom is 0.334 e. The van der Waals surface area contributed by atoms with E-state index >= 15 is 0 Å². The summed E-state index contributed by atoms with van der Waals surface area (Å²) in [5.74, 6) is 1.66. The number of cyclic esters (lactones) is 1. The largest absolute Gasteiger partial charge is 0.458 e. The number of aliphatic hydroxyl groups is 1. The van der Waals surface area contributed by atoms with Crippen molar-refractivity contribution in [2.24, 2.45) is 23.2 Å². The average Bonchev–Trinajstić information content (AvgIpc) is 3.27. The van der Waals surface area contributed by atoms with E-state index in [2.05, 4.69) is 46.1 Å². The Morgan fingerprint density at radius 3 is 2.38 bits per heavy atom. The molecule has 0 radical (unpaired) electrons. The van der Waals surface area contributed by atoms with E-state index in [9.17, 15) is 9.90 Å². The van der Waals surface area contributed by atoms with Crippen molar-refractivity contribution in [3.63, 3.8) is 0 Å². The highest BCUT2D eigenvalue weighted by Gasteiger charge is 2.47. The molecule has 0 aromatic heterocycles. The highest BCUT2D eigenvalue weighted by molar-refractivity contribution is 5.90. The van der Waals surface area contributed by atoms with Gasteiger partial charge in [0.25, 0.3) is 0 Å². The van der Waals surface area contributed by atoms with E-state index < -0.39 is 0 Å². The van der Waals surface area contributed by atoms with Crippen molar-refractivity contribution >= 4 is 5.97 Å². The molecule has 34 heavy (non-hydrogen) atoms. The molecular weight excluding hydrogens is 420 g/mol. The van der Waals surface area contributed by atoms with Crippen LogP contribution in [0, 0.1) is 23.2 Å². The second-order valence-corrected chi connectivity index (χ2v) is 10.8. The van der Waals surface area contributed by atoms with Gasteiger partial charge in [-0.25, -0.2) is 4.79 Å². The van der Waals surface area contributed by atoms with Gasteiger partial charge in [-0.15, -0.1) is 0 Å². The number of aliphatic hydroxyl groups excluding tert-OH is 1. The van der Waals surface area contributed by atoms with Gasteiger partial charge in [0.15, 0.2) is 0 Å². The third-order valence-corrected chi connectivity index (χ3v) is 8.88. The molecule has 4 rings (SSSR count). The van der Waals surface area contributed by atoms with Crippen molar-refractivity contribution in [2.75, 3.05) is 0 Å². The molecule has 4 fully saturated rings. The Balaban J connectivity index is 0.000000266. The number of esters is 1. The first kappa shape index (κ1) is 28.6.